The molecule has 1 aromatic heterocycles. The third kappa shape index (κ3) is 3.65. The Bertz CT molecular complexity index is 371. The molecule has 0 aliphatic heterocycles. The van der Waals surface area contributed by atoms with E-state index in [1.54, 1.807) is 12.3 Å². The maximum atomic E-state index is 11.7. The van der Waals surface area contributed by atoms with Crippen molar-refractivity contribution in [3.63, 3.8) is 0 Å². The highest BCUT2D eigenvalue weighted by Gasteiger charge is 2.04. The number of nitrogens with zero attached hydrogens (tertiary/aromatic N) is 2. The summed E-state index contributed by atoms with van der Waals surface area (Å²) in [5.74, 6) is 1.18. The molecule has 88 valence electrons. The lowest BCUT2D eigenvalue weighted by atomic mass is 10.1. The lowest BCUT2D eigenvalue weighted by Gasteiger charge is -2.01. The lowest BCUT2D eigenvalue weighted by Crippen LogP contribution is -2.02. The smallest absolute Gasteiger partial charge is 0.156 e. The first-order valence-corrected chi connectivity index (χ1v) is 5.85. The molecular formula is C13H20N2O. The number of ketones is 1. The van der Waals surface area contributed by atoms with Crippen LogP contribution < -0.4 is 0 Å². The molecule has 0 bridgehead atoms. The molecule has 1 heterocycles. The Morgan fingerprint density at radius 1 is 1.44 bits per heavy atom. The lowest BCUT2D eigenvalue weighted by molar-refractivity contribution is -0.114. The molecule has 0 aliphatic rings. The van der Waals surface area contributed by atoms with E-state index in [1.807, 2.05) is 17.8 Å². The van der Waals surface area contributed by atoms with Gasteiger partial charge >= 0.3 is 0 Å². The van der Waals surface area contributed by atoms with Gasteiger partial charge < -0.3 is 4.57 Å². The summed E-state index contributed by atoms with van der Waals surface area (Å²) in [6.07, 6.45) is 8.66. The van der Waals surface area contributed by atoms with Gasteiger partial charge in [-0.2, -0.15) is 0 Å². The molecule has 3 nitrogen and oxygen atoms in total. The van der Waals surface area contributed by atoms with E-state index in [9.17, 15) is 4.79 Å². The summed E-state index contributed by atoms with van der Waals surface area (Å²) < 4.78 is 1.96. The van der Waals surface area contributed by atoms with Gasteiger partial charge in [0.15, 0.2) is 5.78 Å². The maximum Gasteiger partial charge on any atom is 0.156 e. The first-order valence-electron chi connectivity index (χ1n) is 5.85. The monoisotopic (exact) mass is 220 g/mol. The Balaban J connectivity index is 2.47. The van der Waals surface area contributed by atoms with Crippen molar-refractivity contribution < 1.29 is 4.79 Å². The molecule has 0 radical (unpaired) electrons. The van der Waals surface area contributed by atoms with Crippen molar-refractivity contribution in [3.05, 3.63) is 29.9 Å². The summed E-state index contributed by atoms with van der Waals surface area (Å²) in [5, 5.41) is 0. The third-order valence-corrected chi connectivity index (χ3v) is 2.79. The summed E-state index contributed by atoms with van der Waals surface area (Å²) in [4.78, 5) is 15.9. The highest BCUT2D eigenvalue weighted by Crippen LogP contribution is 2.07. The topological polar surface area (TPSA) is 34.9 Å². The van der Waals surface area contributed by atoms with E-state index in [0.717, 1.165) is 25.1 Å². The maximum absolute atomic E-state index is 11.7. The number of allylic oxidation sites excluding steroid dienone is 2. The molecule has 0 spiro atoms. The van der Waals surface area contributed by atoms with Crippen molar-refractivity contribution in [1.82, 2.24) is 9.55 Å². The SMILES string of the molecule is CCC(=CC(=O)CCc1nccn1C)CC. The molecule has 0 saturated heterocycles. The Kier molecular flexibility index (Phi) is 4.96. The van der Waals surface area contributed by atoms with E-state index in [-0.39, 0.29) is 5.78 Å². The number of aryl methyl sites for hydroxylation is 2. The summed E-state index contributed by atoms with van der Waals surface area (Å²) in [7, 11) is 1.95. The molecule has 0 N–H and O–H groups in total. The number of hydrogen-bond acceptors (Lipinski definition) is 2. The predicted molar refractivity (Wildman–Crippen MR) is 65.2 cm³/mol. The van der Waals surface area contributed by atoms with E-state index in [1.165, 1.54) is 5.57 Å². The number of hydrogen-bond donors (Lipinski definition) is 0. The zero-order chi connectivity index (χ0) is 12.0. The second-order valence-electron chi connectivity index (χ2n) is 3.93. The van der Waals surface area contributed by atoms with Crippen molar-refractivity contribution >= 4 is 5.78 Å². The minimum absolute atomic E-state index is 0.210. The Morgan fingerprint density at radius 2 is 2.12 bits per heavy atom. The van der Waals surface area contributed by atoms with Gasteiger partial charge in [0.2, 0.25) is 0 Å². The van der Waals surface area contributed by atoms with E-state index in [0.29, 0.717) is 6.42 Å². The normalized spacial score (nSPS) is 10.2. The van der Waals surface area contributed by atoms with Gasteiger partial charge in [-0.3, -0.25) is 4.79 Å². The summed E-state index contributed by atoms with van der Waals surface area (Å²) >= 11 is 0. The van der Waals surface area contributed by atoms with Crippen LogP contribution in [0.5, 0.6) is 0 Å². The average Bonchev–Trinajstić information content (AvgIpc) is 2.69. The minimum atomic E-state index is 0.210. The van der Waals surface area contributed by atoms with Crippen LogP contribution in [0.3, 0.4) is 0 Å². The predicted octanol–water partition coefficient (Wildman–Crippen LogP) is 2.67. The van der Waals surface area contributed by atoms with Gasteiger partial charge in [-0.1, -0.05) is 19.4 Å². The molecule has 0 aliphatic carbocycles. The largest absolute Gasteiger partial charge is 0.338 e. The molecule has 0 aromatic carbocycles. The summed E-state index contributed by atoms with van der Waals surface area (Å²) in [6, 6.07) is 0. The van der Waals surface area contributed by atoms with Crippen LogP contribution in [0.25, 0.3) is 0 Å². The Morgan fingerprint density at radius 3 is 2.62 bits per heavy atom. The molecule has 0 fully saturated rings. The van der Waals surface area contributed by atoms with Gasteiger partial charge in [0.25, 0.3) is 0 Å². The quantitative estimate of drug-likeness (QED) is 0.691. The van der Waals surface area contributed by atoms with Gasteiger partial charge in [-0.15, -0.1) is 0 Å². The van der Waals surface area contributed by atoms with Crippen LogP contribution in [0.1, 0.15) is 38.9 Å². The molecule has 1 rings (SSSR count). The Labute approximate surface area is 97.2 Å². The van der Waals surface area contributed by atoms with E-state index in [2.05, 4.69) is 18.8 Å². The zero-order valence-corrected chi connectivity index (χ0v) is 10.4. The van der Waals surface area contributed by atoms with Crippen LogP contribution in [0.2, 0.25) is 0 Å². The second-order valence-corrected chi connectivity index (χ2v) is 3.93. The Hall–Kier alpha value is -1.38. The van der Waals surface area contributed by atoms with Crippen molar-refractivity contribution in [2.75, 3.05) is 0 Å². The molecule has 0 saturated carbocycles. The zero-order valence-electron chi connectivity index (χ0n) is 10.4. The molecular weight excluding hydrogens is 200 g/mol. The average molecular weight is 220 g/mol. The number of aromatic nitrogens is 2. The number of carbonyl (C=O) groups excluding carboxylic acids is 1. The molecule has 0 atom stereocenters. The van der Waals surface area contributed by atoms with Crippen molar-refractivity contribution in [1.29, 1.82) is 0 Å². The highest BCUT2D eigenvalue weighted by atomic mass is 16.1. The van der Waals surface area contributed by atoms with Crippen LogP contribution in [0, 0.1) is 0 Å². The van der Waals surface area contributed by atoms with Gasteiger partial charge in [-0.05, 0) is 18.9 Å². The van der Waals surface area contributed by atoms with Crippen LogP contribution in [-0.4, -0.2) is 15.3 Å². The van der Waals surface area contributed by atoms with Crippen molar-refractivity contribution in [2.24, 2.45) is 7.05 Å². The van der Waals surface area contributed by atoms with E-state index < -0.39 is 0 Å². The van der Waals surface area contributed by atoms with Gasteiger partial charge in [-0.25, -0.2) is 4.98 Å². The van der Waals surface area contributed by atoms with Crippen LogP contribution in [-0.2, 0) is 18.3 Å². The fourth-order valence-electron chi connectivity index (χ4n) is 1.63. The first kappa shape index (κ1) is 12.7. The number of rotatable bonds is 6. The van der Waals surface area contributed by atoms with Gasteiger partial charge in [0.05, 0.1) is 0 Å². The molecule has 1 aromatic rings. The third-order valence-electron chi connectivity index (χ3n) is 2.79. The highest BCUT2D eigenvalue weighted by molar-refractivity contribution is 5.90. The molecule has 0 unspecified atom stereocenters. The van der Waals surface area contributed by atoms with Crippen molar-refractivity contribution in [2.45, 2.75) is 39.5 Å². The summed E-state index contributed by atoms with van der Waals surface area (Å²) in [5.41, 5.74) is 1.23. The van der Waals surface area contributed by atoms with Gasteiger partial charge in [0.1, 0.15) is 5.82 Å². The van der Waals surface area contributed by atoms with Crippen molar-refractivity contribution in [3.8, 4) is 0 Å². The molecule has 16 heavy (non-hydrogen) atoms. The molecule has 3 heteroatoms. The fraction of sp³-hybridized carbons (Fsp3) is 0.538. The summed E-state index contributed by atoms with van der Waals surface area (Å²) in [6.45, 7) is 4.17. The fourth-order valence-corrected chi connectivity index (χ4v) is 1.63. The van der Waals surface area contributed by atoms with Crippen LogP contribution in [0.15, 0.2) is 24.0 Å². The van der Waals surface area contributed by atoms with Crippen LogP contribution >= 0.6 is 0 Å². The number of imidazole rings is 1. The second kappa shape index (κ2) is 6.26. The van der Waals surface area contributed by atoms with E-state index in [4.69, 9.17) is 0 Å². The van der Waals surface area contributed by atoms with E-state index >= 15 is 0 Å². The van der Waals surface area contributed by atoms with Crippen LogP contribution in [0.4, 0.5) is 0 Å². The van der Waals surface area contributed by atoms with Gasteiger partial charge in [0, 0.05) is 32.3 Å². The minimum Gasteiger partial charge on any atom is -0.338 e. The molecule has 0 amide bonds. The number of carbonyl (C=O) groups is 1. The standard InChI is InChI=1S/C13H20N2O/c1-4-11(5-2)10-12(16)6-7-13-14-8-9-15(13)3/h8-10H,4-7H2,1-3H3. The first-order chi connectivity index (χ1) is 7.67.